The maximum absolute atomic E-state index is 11.3. The van der Waals surface area contributed by atoms with Crippen molar-refractivity contribution in [2.24, 2.45) is 11.1 Å². The first-order valence-corrected chi connectivity index (χ1v) is 6.58. The second-order valence-electron chi connectivity index (χ2n) is 4.54. The molecule has 2 N–H and O–H groups in total. The highest BCUT2D eigenvalue weighted by Crippen LogP contribution is 2.21. The second kappa shape index (κ2) is 10.6. The third-order valence-electron chi connectivity index (χ3n) is 2.58. The first-order valence-electron chi connectivity index (χ1n) is 6.58. The number of amides is 1. The smallest absolute Gasteiger partial charge is 0.404 e. The van der Waals surface area contributed by atoms with Crippen molar-refractivity contribution >= 4 is 24.0 Å². The number of primary amides is 1. The van der Waals surface area contributed by atoms with Gasteiger partial charge >= 0.3 is 24.0 Å². The van der Waals surface area contributed by atoms with Gasteiger partial charge in [-0.1, -0.05) is 19.7 Å². The summed E-state index contributed by atoms with van der Waals surface area (Å²) in [5.74, 6) is -2.32. The predicted molar refractivity (Wildman–Crippen MR) is 81.4 cm³/mol. The standard InChI is InChI=1S/C15H19NO8/c1-4-11(17)21-7-15(10-24-14(16)20,8-22-12(18)5-2)9-23-13(19)6-3/h4-6H,1-3,7-10H2,(H2,16,20). The van der Waals surface area contributed by atoms with Gasteiger partial charge in [0, 0.05) is 18.2 Å². The van der Waals surface area contributed by atoms with E-state index in [1.165, 1.54) is 0 Å². The molecule has 0 aliphatic heterocycles. The molecule has 0 saturated heterocycles. The molecule has 9 heteroatoms. The van der Waals surface area contributed by atoms with Gasteiger partial charge in [0.1, 0.15) is 31.8 Å². The van der Waals surface area contributed by atoms with Crippen LogP contribution in [0.3, 0.4) is 0 Å². The lowest BCUT2D eigenvalue weighted by Gasteiger charge is -2.30. The van der Waals surface area contributed by atoms with Crippen LogP contribution in [0.25, 0.3) is 0 Å². The lowest BCUT2D eigenvalue weighted by Crippen LogP contribution is -2.44. The molecule has 132 valence electrons. The van der Waals surface area contributed by atoms with Crippen molar-refractivity contribution in [1.82, 2.24) is 0 Å². The zero-order valence-corrected chi connectivity index (χ0v) is 13.0. The normalized spacial score (nSPS) is 10.0. The van der Waals surface area contributed by atoms with Gasteiger partial charge in [-0.3, -0.25) is 0 Å². The molecule has 0 aromatic rings. The fourth-order valence-electron chi connectivity index (χ4n) is 1.32. The van der Waals surface area contributed by atoms with E-state index >= 15 is 0 Å². The number of carbonyl (C=O) groups excluding carboxylic acids is 4. The minimum atomic E-state index is -1.37. The molecule has 0 aromatic heterocycles. The molecular formula is C15H19NO8. The molecule has 0 saturated carbocycles. The van der Waals surface area contributed by atoms with Crippen LogP contribution in [-0.4, -0.2) is 50.4 Å². The molecule has 1 amide bonds. The number of ether oxygens (including phenoxy) is 4. The maximum atomic E-state index is 11.3. The van der Waals surface area contributed by atoms with Gasteiger partial charge in [0.25, 0.3) is 0 Å². The molecule has 9 nitrogen and oxygen atoms in total. The molecule has 0 aromatic carbocycles. The average Bonchev–Trinajstić information content (AvgIpc) is 2.59. The molecule has 0 fully saturated rings. The molecule has 0 spiro atoms. The summed E-state index contributed by atoms with van der Waals surface area (Å²) in [7, 11) is 0. The summed E-state index contributed by atoms with van der Waals surface area (Å²) in [5.41, 5.74) is 3.54. The first kappa shape index (κ1) is 20.9. The number of carbonyl (C=O) groups is 4. The van der Waals surface area contributed by atoms with Gasteiger partial charge < -0.3 is 24.7 Å². The van der Waals surface area contributed by atoms with Crippen molar-refractivity contribution in [2.75, 3.05) is 26.4 Å². The first-order chi connectivity index (χ1) is 11.3. The van der Waals surface area contributed by atoms with E-state index in [0.717, 1.165) is 18.2 Å². The Balaban J connectivity index is 5.27. The SMILES string of the molecule is C=CC(=O)OCC(COC(N)=O)(COC(=O)C=C)COC(=O)C=C. The summed E-state index contributed by atoms with van der Waals surface area (Å²) < 4.78 is 19.4. The maximum Gasteiger partial charge on any atom is 0.404 e. The van der Waals surface area contributed by atoms with E-state index in [9.17, 15) is 19.2 Å². The summed E-state index contributed by atoms with van der Waals surface area (Å²) in [6.07, 6.45) is 1.61. The summed E-state index contributed by atoms with van der Waals surface area (Å²) >= 11 is 0. The predicted octanol–water partition coefficient (Wildman–Crippen LogP) is 0.256. The second-order valence-corrected chi connectivity index (χ2v) is 4.54. The van der Waals surface area contributed by atoms with Crippen LogP contribution in [0.5, 0.6) is 0 Å². The van der Waals surface area contributed by atoms with Crippen LogP contribution < -0.4 is 5.73 Å². The van der Waals surface area contributed by atoms with Crippen LogP contribution in [-0.2, 0) is 33.3 Å². The van der Waals surface area contributed by atoms with Crippen molar-refractivity contribution in [1.29, 1.82) is 0 Å². The Morgan fingerprint density at radius 2 is 1.00 bits per heavy atom. The average molecular weight is 341 g/mol. The van der Waals surface area contributed by atoms with E-state index in [4.69, 9.17) is 24.7 Å². The number of hydrogen-bond donors (Lipinski definition) is 1. The van der Waals surface area contributed by atoms with E-state index in [1.54, 1.807) is 0 Å². The summed E-state index contributed by atoms with van der Waals surface area (Å²) in [6, 6.07) is 0. The molecule has 0 rings (SSSR count). The van der Waals surface area contributed by atoms with Gasteiger partial charge in [-0.05, 0) is 0 Å². The van der Waals surface area contributed by atoms with Crippen molar-refractivity contribution in [2.45, 2.75) is 0 Å². The van der Waals surface area contributed by atoms with E-state index in [1.807, 2.05) is 0 Å². The van der Waals surface area contributed by atoms with Crippen molar-refractivity contribution in [3.05, 3.63) is 38.0 Å². The molecular weight excluding hydrogens is 322 g/mol. The molecule has 0 aliphatic rings. The number of hydrogen-bond acceptors (Lipinski definition) is 8. The van der Waals surface area contributed by atoms with Gasteiger partial charge in [0.2, 0.25) is 0 Å². The Hall–Kier alpha value is -3.10. The largest absolute Gasteiger partial charge is 0.462 e. The van der Waals surface area contributed by atoms with Gasteiger partial charge in [0.05, 0.1) is 0 Å². The Bertz CT molecular complexity index is 466. The Morgan fingerprint density at radius 1 is 0.708 bits per heavy atom. The quantitative estimate of drug-likeness (QED) is 0.321. The molecule has 0 aliphatic carbocycles. The highest BCUT2D eigenvalue weighted by Gasteiger charge is 2.37. The zero-order chi connectivity index (χ0) is 18.6. The lowest BCUT2D eigenvalue weighted by molar-refractivity contribution is -0.158. The van der Waals surface area contributed by atoms with Gasteiger partial charge in [0.15, 0.2) is 0 Å². The number of esters is 3. The fourth-order valence-corrected chi connectivity index (χ4v) is 1.32. The highest BCUT2D eigenvalue weighted by molar-refractivity contribution is 5.82. The van der Waals surface area contributed by atoms with Crippen molar-refractivity contribution in [3.8, 4) is 0 Å². The third-order valence-corrected chi connectivity index (χ3v) is 2.58. The molecule has 0 heterocycles. The van der Waals surface area contributed by atoms with Crippen molar-refractivity contribution in [3.63, 3.8) is 0 Å². The summed E-state index contributed by atoms with van der Waals surface area (Å²) in [4.78, 5) is 44.7. The Morgan fingerprint density at radius 3 is 1.25 bits per heavy atom. The molecule has 0 bridgehead atoms. The van der Waals surface area contributed by atoms with E-state index in [-0.39, 0.29) is 0 Å². The van der Waals surface area contributed by atoms with Crippen LogP contribution in [0.15, 0.2) is 38.0 Å². The Labute approximate surface area is 138 Å². The van der Waals surface area contributed by atoms with Crippen LogP contribution in [0.1, 0.15) is 0 Å². The zero-order valence-electron chi connectivity index (χ0n) is 13.0. The molecule has 0 unspecified atom stereocenters. The molecule has 0 atom stereocenters. The summed E-state index contributed by atoms with van der Waals surface area (Å²) in [6.45, 7) is 8.05. The van der Waals surface area contributed by atoms with E-state index in [0.29, 0.717) is 0 Å². The minimum Gasteiger partial charge on any atom is -0.462 e. The number of rotatable bonds is 11. The Kier molecular flexibility index (Phi) is 9.23. The van der Waals surface area contributed by atoms with Crippen LogP contribution in [0.2, 0.25) is 0 Å². The monoisotopic (exact) mass is 341 g/mol. The van der Waals surface area contributed by atoms with Crippen LogP contribution in [0.4, 0.5) is 4.79 Å². The number of nitrogens with two attached hydrogens (primary N) is 1. The van der Waals surface area contributed by atoms with Crippen LogP contribution in [0, 0.1) is 5.41 Å². The topological polar surface area (TPSA) is 131 Å². The van der Waals surface area contributed by atoms with Gasteiger partial charge in [-0.2, -0.15) is 0 Å². The lowest BCUT2D eigenvalue weighted by atomic mass is 9.92. The fraction of sp³-hybridized carbons (Fsp3) is 0.333. The highest BCUT2D eigenvalue weighted by atomic mass is 16.6. The van der Waals surface area contributed by atoms with E-state index < -0.39 is 55.8 Å². The third kappa shape index (κ3) is 8.37. The minimum absolute atomic E-state index is 0.403. The molecule has 0 radical (unpaired) electrons. The van der Waals surface area contributed by atoms with E-state index in [2.05, 4.69) is 19.7 Å². The van der Waals surface area contributed by atoms with Gasteiger partial charge in [-0.25, -0.2) is 19.2 Å². The van der Waals surface area contributed by atoms with Crippen molar-refractivity contribution < 1.29 is 38.1 Å². The van der Waals surface area contributed by atoms with Gasteiger partial charge in [-0.15, -0.1) is 0 Å². The van der Waals surface area contributed by atoms with Crippen LogP contribution >= 0.6 is 0 Å². The molecule has 24 heavy (non-hydrogen) atoms. The summed E-state index contributed by atoms with van der Waals surface area (Å²) in [5, 5.41) is 0.